The van der Waals surface area contributed by atoms with Gasteiger partial charge in [0, 0.05) is 19.2 Å². The van der Waals surface area contributed by atoms with Crippen molar-refractivity contribution in [3.63, 3.8) is 0 Å². The predicted octanol–water partition coefficient (Wildman–Crippen LogP) is 2.44. The molecule has 0 bridgehead atoms. The largest absolute Gasteiger partial charge is 0.468 e. The van der Waals surface area contributed by atoms with E-state index < -0.39 is 5.91 Å². The molecule has 0 spiro atoms. The number of nitrogens with two attached hydrogens (primary N) is 1. The summed E-state index contributed by atoms with van der Waals surface area (Å²) < 4.78 is 5.42. The second-order valence-electron chi connectivity index (χ2n) is 6.58. The maximum Gasteiger partial charge on any atom is 0.251 e. The van der Waals surface area contributed by atoms with Gasteiger partial charge in [0.15, 0.2) is 0 Å². The van der Waals surface area contributed by atoms with E-state index in [0.29, 0.717) is 23.7 Å². The Kier molecular flexibility index (Phi) is 6.99. The van der Waals surface area contributed by atoms with Crippen molar-refractivity contribution < 1.29 is 18.8 Å². The van der Waals surface area contributed by atoms with Gasteiger partial charge in [-0.25, -0.2) is 0 Å². The van der Waals surface area contributed by atoms with Crippen LogP contribution in [-0.2, 0) is 17.9 Å². The minimum Gasteiger partial charge on any atom is -0.468 e. The summed E-state index contributed by atoms with van der Waals surface area (Å²) in [5, 5.41) is 7.47. The second-order valence-corrected chi connectivity index (χ2v) is 7.49. The Morgan fingerprint density at radius 1 is 1.10 bits per heavy atom. The first-order chi connectivity index (χ1) is 14.5. The van der Waals surface area contributed by atoms with Gasteiger partial charge in [-0.3, -0.25) is 19.3 Å². The standard InChI is InChI=1S/C21H22N4O4S/c1-23-20(28)15-6-4-14(5-7-15)11-25(12-16-3-2-9-29-16)13-18(26)24-21-17(19(22)27)8-10-30-21/h2-10H,11-13H2,1H3,(H2,22,27)(H,23,28)(H,24,26). The quantitative estimate of drug-likeness (QED) is 0.486. The third-order valence-corrected chi connectivity index (χ3v) is 5.19. The van der Waals surface area contributed by atoms with Crippen molar-refractivity contribution in [2.45, 2.75) is 13.1 Å². The molecule has 0 aliphatic heterocycles. The first-order valence-electron chi connectivity index (χ1n) is 9.19. The molecule has 0 radical (unpaired) electrons. The number of benzene rings is 1. The van der Waals surface area contributed by atoms with Crippen molar-refractivity contribution >= 4 is 34.1 Å². The molecule has 0 atom stereocenters. The van der Waals surface area contributed by atoms with E-state index in [2.05, 4.69) is 10.6 Å². The molecule has 4 N–H and O–H groups in total. The lowest BCUT2D eigenvalue weighted by molar-refractivity contribution is -0.117. The van der Waals surface area contributed by atoms with Gasteiger partial charge in [0.05, 0.1) is 24.9 Å². The number of furan rings is 1. The minimum absolute atomic E-state index is 0.0774. The highest BCUT2D eigenvalue weighted by atomic mass is 32.1. The van der Waals surface area contributed by atoms with Gasteiger partial charge in [-0.05, 0) is 41.3 Å². The van der Waals surface area contributed by atoms with Crippen LogP contribution < -0.4 is 16.4 Å². The summed E-state index contributed by atoms with van der Waals surface area (Å²) >= 11 is 1.24. The van der Waals surface area contributed by atoms with Crippen LogP contribution in [-0.4, -0.2) is 36.2 Å². The number of thiophene rings is 1. The highest BCUT2D eigenvalue weighted by Gasteiger charge is 2.17. The van der Waals surface area contributed by atoms with Crippen LogP contribution in [0.2, 0.25) is 0 Å². The van der Waals surface area contributed by atoms with Crippen molar-refractivity contribution in [1.29, 1.82) is 0 Å². The van der Waals surface area contributed by atoms with E-state index in [1.165, 1.54) is 11.3 Å². The summed E-state index contributed by atoms with van der Waals surface area (Å²) in [6.07, 6.45) is 1.58. The number of anilines is 1. The van der Waals surface area contributed by atoms with E-state index >= 15 is 0 Å². The number of rotatable bonds is 9. The van der Waals surface area contributed by atoms with Gasteiger partial charge in [0.2, 0.25) is 5.91 Å². The van der Waals surface area contributed by atoms with Gasteiger partial charge >= 0.3 is 0 Å². The van der Waals surface area contributed by atoms with E-state index in [0.717, 1.165) is 11.3 Å². The summed E-state index contributed by atoms with van der Waals surface area (Å²) in [5.41, 5.74) is 7.13. The van der Waals surface area contributed by atoms with Crippen LogP contribution in [0.1, 0.15) is 32.0 Å². The van der Waals surface area contributed by atoms with E-state index in [9.17, 15) is 14.4 Å². The number of primary amides is 1. The highest BCUT2D eigenvalue weighted by Crippen LogP contribution is 2.22. The Morgan fingerprint density at radius 3 is 2.50 bits per heavy atom. The van der Waals surface area contributed by atoms with Crippen LogP contribution in [0.25, 0.3) is 0 Å². The summed E-state index contributed by atoms with van der Waals surface area (Å²) in [4.78, 5) is 37.7. The van der Waals surface area contributed by atoms with Crippen molar-refractivity contribution in [2.75, 3.05) is 18.9 Å². The fourth-order valence-electron chi connectivity index (χ4n) is 2.92. The minimum atomic E-state index is -0.588. The topological polar surface area (TPSA) is 118 Å². The third-order valence-electron chi connectivity index (χ3n) is 4.36. The average Bonchev–Trinajstić information content (AvgIpc) is 3.40. The molecule has 2 heterocycles. The lowest BCUT2D eigenvalue weighted by atomic mass is 10.1. The van der Waals surface area contributed by atoms with E-state index in [1.807, 2.05) is 23.1 Å². The Hall–Kier alpha value is -3.43. The Labute approximate surface area is 177 Å². The van der Waals surface area contributed by atoms with Crippen LogP contribution in [0.3, 0.4) is 0 Å². The zero-order valence-electron chi connectivity index (χ0n) is 16.4. The molecule has 8 nitrogen and oxygen atoms in total. The molecule has 0 fully saturated rings. The number of carbonyl (C=O) groups excluding carboxylic acids is 3. The van der Waals surface area contributed by atoms with Crippen LogP contribution in [0.5, 0.6) is 0 Å². The molecule has 3 amide bonds. The Bertz CT molecular complexity index is 1010. The van der Waals surface area contributed by atoms with Gasteiger partial charge in [-0.1, -0.05) is 12.1 Å². The normalized spacial score (nSPS) is 10.7. The van der Waals surface area contributed by atoms with Gasteiger partial charge in [0.25, 0.3) is 11.8 Å². The molecular weight excluding hydrogens is 404 g/mol. The summed E-state index contributed by atoms with van der Waals surface area (Å²) in [6.45, 7) is 0.966. The smallest absolute Gasteiger partial charge is 0.251 e. The maximum atomic E-state index is 12.6. The van der Waals surface area contributed by atoms with Crippen LogP contribution >= 0.6 is 11.3 Å². The third kappa shape index (κ3) is 5.56. The van der Waals surface area contributed by atoms with Crippen molar-refractivity contribution in [3.05, 3.63) is 76.6 Å². The molecule has 2 aromatic heterocycles. The molecule has 0 aliphatic rings. The average molecular weight is 426 g/mol. The maximum absolute atomic E-state index is 12.6. The van der Waals surface area contributed by atoms with Crippen LogP contribution in [0.15, 0.2) is 58.5 Å². The monoisotopic (exact) mass is 426 g/mol. The van der Waals surface area contributed by atoms with Crippen LogP contribution in [0.4, 0.5) is 5.00 Å². The number of hydrogen-bond acceptors (Lipinski definition) is 6. The Balaban J connectivity index is 1.70. The van der Waals surface area contributed by atoms with Crippen molar-refractivity contribution in [1.82, 2.24) is 10.2 Å². The highest BCUT2D eigenvalue weighted by molar-refractivity contribution is 7.14. The van der Waals surface area contributed by atoms with Gasteiger partial charge in [-0.15, -0.1) is 11.3 Å². The SMILES string of the molecule is CNC(=O)c1ccc(CN(CC(=O)Nc2sccc2C(N)=O)Cc2ccco2)cc1. The lowest BCUT2D eigenvalue weighted by Crippen LogP contribution is -2.32. The molecule has 1 aromatic carbocycles. The van der Waals surface area contributed by atoms with Crippen LogP contribution in [0, 0.1) is 0 Å². The molecule has 0 saturated carbocycles. The second kappa shape index (κ2) is 9.86. The van der Waals surface area contributed by atoms with Gasteiger partial charge < -0.3 is 20.8 Å². The molecule has 3 aromatic rings. The lowest BCUT2D eigenvalue weighted by Gasteiger charge is -2.21. The fraction of sp³-hybridized carbons (Fsp3) is 0.190. The van der Waals surface area contributed by atoms with E-state index in [1.54, 1.807) is 43.0 Å². The first-order valence-corrected chi connectivity index (χ1v) is 10.1. The number of amides is 3. The molecule has 3 rings (SSSR count). The molecule has 0 unspecified atom stereocenters. The summed E-state index contributed by atoms with van der Waals surface area (Å²) in [7, 11) is 1.58. The van der Waals surface area contributed by atoms with E-state index in [4.69, 9.17) is 10.2 Å². The molecule has 9 heteroatoms. The van der Waals surface area contributed by atoms with E-state index in [-0.39, 0.29) is 23.9 Å². The number of nitrogens with zero attached hydrogens (tertiary/aromatic N) is 1. The van der Waals surface area contributed by atoms with Crippen molar-refractivity contribution in [3.8, 4) is 0 Å². The Morgan fingerprint density at radius 2 is 1.87 bits per heavy atom. The predicted molar refractivity (Wildman–Crippen MR) is 114 cm³/mol. The zero-order valence-corrected chi connectivity index (χ0v) is 17.2. The zero-order chi connectivity index (χ0) is 21.5. The van der Waals surface area contributed by atoms with Gasteiger partial charge in [-0.2, -0.15) is 0 Å². The molecule has 156 valence electrons. The molecule has 30 heavy (non-hydrogen) atoms. The number of nitrogens with one attached hydrogen (secondary N) is 2. The van der Waals surface area contributed by atoms with Gasteiger partial charge in [0.1, 0.15) is 10.8 Å². The summed E-state index contributed by atoms with van der Waals surface area (Å²) in [6, 6.07) is 12.4. The fourth-order valence-corrected chi connectivity index (χ4v) is 3.73. The molecule has 0 aliphatic carbocycles. The number of carbonyl (C=O) groups is 3. The first kappa shape index (κ1) is 21.3. The summed E-state index contributed by atoms with van der Waals surface area (Å²) in [5.74, 6) is -0.294. The molecular formula is C21H22N4O4S. The van der Waals surface area contributed by atoms with Crippen molar-refractivity contribution in [2.24, 2.45) is 5.73 Å². The number of hydrogen-bond donors (Lipinski definition) is 3. The molecule has 0 saturated heterocycles.